The molecule has 0 radical (unpaired) electrons. The SMILES string of the molecule is CCC1(C)NC(=O)N(CCC2CCNCC2)C1=O. The summed E-state index contributed by atoms with van der Waals surface area (Å²) in [5.41, 5.74) is -0.689. The highest BCUT2D eigenvalue weighted by molar-refractivity contribution is 6.06. The van der Waals surface area contributed by atoms with Gasteiger partial charge in [0, 0.05) is 6.54 Å². The number of carbonyl (C=O) groups excluding carboxylic acids is 2. The maximum Gasteiger partial charge on any atom is 0.325 e. The molecule has 0 aliphatic carbocycles. The van der Waals surface area contributed by atoms with Crippen LogP contribution in [0.5, 0.6) is 0 Å². The Kier molecular flexibility index (Phi) is 3.90. The maximum atomic E-state index is 12.2. The van der Waals surface area contributed by atoms with Crippen molar-refractivity contribution in [1.82, 2.24) is 15.5 Å². The fourth-order valence-electron chi connectivity index (χ4n) is 2.67. The number of amides is 3. The molecule has 2 N–H and O–H groups in total. The predicted molar refractivity (Wildman–Crippen MR) is 69.2 cm³/mol. The zero-order valence-corrected chi connectivity index (χ0v) is 11.3. The van der Waals surface area contributed by atoms with E-state index in [-0.39, 0.29) is 11.9 Å². The number of carbonyl (C=O) groups is 2. The second kappa shape index (κ2) is 5.26. The van der Waals surface area contributed by atoms with Gasteiger partial charge in [0.1, 0.15) is 5.54 Å². The standard InChI is InChI=1S/C13H23N3O2/c1-3-13(2)11(17)16(12(18)15-13)9-6-10-4-7-14-8-5-10/h10,14H,3-9H2,1-2H3,(H,15,18). The average molecular weight is 253 g/mol. The molecule has 0 saturated carbocycles. The van der Waals surface area contributed by atoms with E-state index in [0.29, 0.717) is 18.9 Å². The number of hydrogen-bond acceptors (Lipinski definition) is 3. The van der Waals surface area contributed by atoms with Crippen molar-refractivity contribution in [3.8, 4) is 0 Å². The lowest BCUT2D eigenvalue weighted by atomic mass is 9.94. The van der Waals surface area contributed by atoms with Gasteiger partial charge in [-0.2, -0.15) is 0 Å². The van der Waals surface area contributed by atoms with Crippen molar-refractivity contribution < 1.29 is 9.59 Å². The van der Waals surface area contributed by atoms with Gasteiger partial charge < -0.3 is 10.6 Å². The van der Waals surface area contributed by atoms with Crippen molar-refractivity contribution in [3.05, 3.63) is 0 Å². The summed E-state index contributed by atoms with van der Waals surface area (Å²) in [5, 5.41) is 6.12. The van der Waals surface area contributed by atoms with Crippen LogP contribution in [0.15, 0.2) is 0 Å². The molecular weight excluding hydrogens is 230 g/mol. The maximum absolute atomic E-state index is 12.2. The molecule has 3 amide bonds. The van der Waals surface area contributed by atoms with Gasteiger partial charge in [-0.3, -0.25) is 9.69 Å². The summed E-state index contributed by atoms with van der Waals surface area (Å²) in [4.78, 5) is 25.4. The van der Waals surface area contributed by atoms with Crippen molar-refractivity contribution >= 4 is 11.9 Å². The van der Waals surface area contributed by atoms with Crippen LogP contribution in [0, 0.1) is 5.92 Å². The molecule has 2 fully saturated rings. The van der Waals surface area contributed by atoms with Gasteiger partial charge in [-0.05, 0) is 51.6 Å². The smallest absolute Gasteiger partial charge is 0.323 e. The van der Waals surface area contributed by atoms with E-state index in [9.17, 15) is 9.59 Å². The summed E-state index contributed by atoms with van der Waals surface area (Å²) in [6.45, 7) is 6.39. The Morgan fingerprint density at radius 3 is 2.56 bits per heavy atom. The fraction of sp³-hybridized carbons (Fsp3) is 0.846. The third-order valence-electron chi connectivity index (χ3n) is 4.27. The van der Waals surface area contributed by atoms with Crippen molar-refractivity contribution in [2.24, 2.45) is 5.92 Å². The quantitative estimate of drug-likeness (QED) is 0.737. The molecular formula is C13H23N3O2. The molecule has 2 aliphatic rings. The van der Waals surface area contributed by atoms with Crippen LogP contribution in [0.2, 0.25) is 0 Å². The van der Waals surface area contributed by atoms with Gasteiger partial charge in [0.25, 0.3) is 5.91 Å². The van der Waals surface area contributed by atoms with Crippen LogP contribution in [0.25, 0.3) is 0 Å². The minimum Gasteiger partial charge on any atom is -0.323 e. The number of rotatable bonds is 4. The topological polar surface area (TPSA) is 61.4 Å². The highest BCUT2D eigenvalue weighted by Crippen LogP contribution is 2.23. The van der Waals surface area contributed by atoms with Crippen LogP contribution in [0.3, 0.4) is 0 Å². The zero-order valence-electron chi connectivity index (χ0n) is 11.3. The summed E-state index contributed by atoms with van der Waals surface area (Å²) in [7, 11) is 0. The summed E-state index contributed by atoms with van der Waals surface area (Å²) in [6.07, 6.45) is 3.87. The van der Waals surface area contributed by atoms with Crippen LogP contribution in [0.4, 0.5) is 4.79 Å². The van der Waals surface area contributed by atoms with Gasteiger partial charge in [0.15, 0.2) is 0 Å². The lowest BCUT2D eigenvalue weighted by Crippen LogP contribution is -2.43. The van der Waals surface area contributed by atoms with E-state index >= 15 is 0 Å². The van der Waals surface area contributed by atoms with Crippen LogP contribution < -0.4 is 10.6 Å². The molecule has 2 aliphatic heterocycles. The van der Waals surface area contributed by atoms with Gasteiger partial charge in [-0.25, -0.2) is 4.79 Å². The van der Waals surface area contributed by atoms with E-state index in [4.69, 9.17) is 0 Å². The Hall–Kier alpha value is -1.10. The van der Waals surface area contributed by atoms with E-state index < -0.39 is 5.54 Å². The van der Waals surface area contributed by atoms with Crippen LogP contribution in [-0.4, -0.2) is 42.0 Å². The Morgan fingerprint density at radius 1 is 1.33 bits per heavy atom. The molecule has 0 bridgehead atoms. The third kappa shape index (κ3) is 2.51. The molecule has 0 spiro atoms. The minimum absolute atomic E-state index is 0.0658. The molecule has 2 rings (SSSR count). The third-order valence-corrected chi connectivity index (χ3v) is 4.27. The largest absolute Gasteiger partial charge is 0.325 e. The second-order valence-corrected chi connectivity index (χ2v) is 5.55. The van der Waals surface area contributed by atoms with E-state index in [1.54, 1.807) is 6.92 Å². The predicted octanol–water partition coefficient (Wildman–Crippen LogP) is 1.10. The van der Waals surface area contributed by atoms with Crippen LogP contribution >= 0.6 is 0 Å². The molecule has 1 unspecified atom stereocenters. The molecule has 102 valence electrons. The lowest BCUT2D eigenvalue weighted by molar-refractivity contribution is -0.131. The number of nitrogens with zero attached hydrogens (tertiary/aromatic N) is 1. The molecule has 1 atom stereocenters. The molecule has 5 heteroatoms. The van der Waals surface area contributed by atoms with Gasteiger partial charge >= 0.3 is 6.03 Å². The summed E-state index contributed by atoms with van der Waals surface area (Å²) < 4.78 is 0. The highest BCUT2D eigenvalue weighted by Gasteiger charge is 2.46. The van der Waals surface area contributed by atoms with Crippen molar-refractivity contribution in [1.29, 1.82) is 0 Å². The Labute approximate surface area is 108 Å². The number of imide groups is 1. The Balaban J connectivity index is 1.89. The molecule has 0 aromatic carbocycles. The highest BCUT2D eigenvalue weighted by atomic mass is 16.2. The van der Waals surface area contributed by atoms with Gasteiger partial charge in [-0.15, -0.1) is 0 Å². The summed E-state index contributed by atoms with van der Waals surface area (Å²) in [5.74, 6) is 0.573. The molecule has 2 heterocycles. The van der Waals surface area contributed by atoms with E-state index in [0.717, 1.165) is 32.4 Å². The monoisotopic (exact) mass is 253 g/mol. The van der Waals surface area contributed by atoms with Crippen LogP contribution in [-0.2, 0) is 4.79 Å². The van der Waals surface area contributed by atoms with Crippen LogP contribution in [0.1, 0.15) is 39.5 Å². The van der Waals surface area contributed by atoms with E-state index in [1.807, 2.05) is 6.92 Å². The van der Waals surface area contributed by atoms with Crippen molar-refractivity contribution in [3.63, 3.8) is 0 Å². The molecule has 5 nitrogen and oxygen atoms in total. The van der Waals surface area contributed by atoms with Gasteiger partial charge in [0.2, 0.25) is 0 Å². The summed E-state index contributed by atoms with van der Waals surface area (Å²) >= 11 is 0. The fourth-order valence-corrected chi connectivity index (χ4v) is 2.67. The van der Waals surface area contributed by atoms with Crippen molar-refractivity contribution in [2.45, 2.75) is 45.1 Å². The summed E-state index contributed by atoms with van der Waals surface area (Å²) in [6, 6.07) is -0.224. The first-order chi connectivity index (χ1) is 8.57. The van der Waals surface area contributed by atoms with Gasteiger partial charge in [0.05, 0.1) is 0 Å². The number of hydrogen-bond donors (Lipinski definition) is 2. The molecule has 18 heavy (non-hydrogen) atoms. The Bertz CT molecular complexity index is 339. The normalized spacial score (nSPS) is 29.8. The van der Waals surface area contributed by atoms with E-state index in [2.05, 4.69) is 10.6 Å². The van der Waals surface area contributed by atoms with Gasteiger partial charge in [-0.1, -0.05) is 6.92 Å². The minimum atomic E-state index is -0.689. The first-order valence-electron chi connectivity index (χ1n) is 6.91. The molecule has 0 aromatic rings. The first-order valence-corrected chi connectivity index (χ1v) is 6.91. The van der Waals surface area contributed by atoms with E-state index in [1.165, 1.54) is 4.90 Å². The number of piperidine rings is 1. The Morgan fingerprint density at radius 2 is 2.00 bits per heavy atom. The number of urea groups is 1. The zero-order chi connectivity index (χ0) is 13.2. The molecule has 0 aromatic heterocycles. The first kappa shape index (κ1) is 13.3. The molecule has 2 saturated heterocycles. The van der Waals surface area contributed by atoms with Crippen molar-refractivity contribution in [2.75, 3.05) is 19.6 Å². The average Bonchev–Trinajstić information content (AvgIpc) is 2.60. The lowest BCUT2D eigenvalue weighted by Gasteiger charge is -2.24. The second-order valence-electron chi connectivity index (χ2n) is 5.55. The number of nitrogens with one attached hydrogen (secondary N) is 2.